The highest BCUT2D eigenvalue weighted by Gasteiger charge is 2.44. The fourth-order valence-electron chi connectivity index (χ4n) is 3.77. The third kappa shape index (κ3) is 2.88. The van der Waals surface area contributed by atoms with Gasteiger partial charge in [0.25, 0.3) is 0 Å². The van der Waals surface area contributed by atoms with Gasteiger partial charge in [0.1, 0.15) is 10.3 Å². The molecule has 4 heteroatoms. The van der Waals surface area contributed by atoms with E-state index < -0.39 is 0 Å². The molecule has 0 aliphatic heterocycles. The van der Waals surface area contributed by atoms with Gasteiger partial charge in [-0.25, -0.2) is 9.97 Å². The molecule has 0 unspecified atom stereocenters. The maximum absolute atomic E-state index is 6.16. The Kier molecular flexibility index (Phi) is 4.93. The van der Waals surface area contributed by atoms with Gasteiger partial charge in [-0.3, -0.25) is 0 Å². The highest BCUT2D eigenvalue weighted by molar-refractivity contribution is 6.30. The van der Waals surface area contributed by atoms with Crippen LogP contribution >= 0.6 is 23.2 Å². The van der Waals surface area contributed by atoms with Crippen molar-refractivity contribution in [1.82, 2.24) is 9.97 Å². The Morgan fingerprint density at radius 3 is 1.61 bits per heavy atom. The molecule has 2 aromatic heterocycles. The van der Waals surface area contributed by atoms with Crippen LogP contribution in [-0.4, -0.2) is 9.97 Å². The lowest BCUT2D eigenvalue weighted by Crippen LogP contribution is -2.25. The van der Waals surface area contributed by atoms with Gasteiger partial charge in [-0.15, -0.1) is 0 Å². The molecular weight excluding hydrogens is 327 g/mol. The van der Waals surface area contributed by atoms with E-state index in [9.17, 15) is 0 Å². The molecule has 0 saturated carbocycles. The predicted molar refractivity (Wildman–Crippen MR) is 97.3 cm³/mol. The van der Waals surface area contributed by atoms with Crippen molar-refractivity contribution in [3.63, 3.8) is 0 Å². The number of hydrogen-bond acceptors (Lipinski definition) is 2. The fourth-order valence-corrected chi connectivity index (χ4v) is 4.06. The quantitative estimate of drug-likeness (QED) is 0.562. The van der Waals surface area contributed by atoms with E-state index in [2.05, 4.69) is 35.9 Å². The van der Waals surface area contributed by atoms with Gasteiger partial charge >= 0.3 is 0 Å². The highest BCUT2D eigenvalue weighted by atomic mass is 35.5. The van der Waals surface area contributed by atoms with E-state index in [-0.39, 0.29) is 5.41 Å². The summed E-state index contributed by atoms with van der Waals surface area (Å²) in [4.78, 5) is 9.18. The largest absolute Gasteiger partial charge is 0.234 e. The maximum atomic E-state index is 6.16. The molecule has 0 atom stereocenters. The minimum atomic E-state index is 0.00582. The zero-order chi connectivity index (χ0) is 16.4. The molecule has 0 N–H and O–H groups in total. The molecule has 122 valence electrons. The smallest absolute Gasteiger partial charge is 0.129 e. The number of rotatable bonds is 6. The van der Waals surface area contributed by atoms with E-state index >= 15 is 0 Å². The Bertz CT molecular complexity index is 651. The molecule has 2 heterocycles. The molecule has 0 spiro atoms. The predicted octanol–water partition coefficient (Wildman–Crippen LogP) is 6.43. The lowest BCUT2D eigenvalue weighted by Gasteiger charge is -2.32. The van der Waals surface area contributed by atoms with Crippen molar-refractivity contribution in [2.45, 2.75) is 57.8 Å². The van der Waals surface area contributed by atoms with Crippen LogP contribution in [0.5, 0.6) is 0 Å². The molecule has 2 aromatic rings. The summed E-state index contributed by atoms with van der Waals surface area (Å²) in [5.74, 6) is 0. The van der Waals surface area contributed by atoms with Crippen molar-refractivity contribution in [3.8, 4) is 11.4 Å². The van der Waals surface area contributed by atoms with Crippen LogP contribution in [0.2, 0.25) is 10.3 Å². The molecule has 1 aliphatic rings. The van der Waals surface area contributed by atoms with Gasteiger partial charge in [0.15, 0.2) is 0 Å². The van der Waals surface area contributed by atoms with Crippen LogP contribution in [0.4, 0.5) is 0 Å². The number of pyridine rings is 2. The van der Waals surface area contributed by atoms with Gasteiger partial charge in [-0.1, -0.05) is 74.9 Å². The Balaban J connectivity index is 2.22. The third-order valence-electron chi connectivity index (χ3n) is 4.89. The first-order chi connectivity index (χ1) is 11.1. The summed E-state index contributed by atoms with van der Waals surface area (Å²) in [5.41, 5.74) is 4.39. The van der Waals surface area contributed by atoms with Crippen LogP contribution < -0.4 is 0 Å². The maximum Gasteiger partial charge on any atom is 0.129 e. The molecule has 3 rings (SSSR count). The first-order valence-corrected chi connectivity index (χ1v) is 9.22. The summed E-state index contributed by atoms with van der Waals surface area (Å²) in [6, 6.07) is 8.10. The molecule has 2 nitrogen and oxygen atoms in total. The lowest BCUT2D eigenvalue weighted by atomic mass is 9.71. The van der Waals surface area contributed by atoms with E-state index in [4.69, 9.17) is 23.2 Å². The van der Waals surface area contributed by atoms with Crippen LogP contribution in [0.3, 0.4) is 0 Å². The summed E-state index contributed by atoms with van der Waals surface area (Å²) in [7, 11) is 0. The Hall–Kier alpha value is -1.12. The van der Waals surface area contributed by atoms with Gasteiger partial charge in [-0.05, 0) is 36.1 Å². The third-order valence-corrected chi connectivity index (χ3v) is 5.31. The summed E-state index contributed by atoms with van der Waals surface area (Å²) < 4.78 is 0. The van der Waals surface area contributed by atoms with Crippen molar-refractivity contribution in [2.75, 3.05) is 0 Å². The molecular formula is C19H22Cl2N2. The first-order valence-electron chi connectivity index (χ1n) is 8.47. The van der Waals surface area contributed by atoms with E-state index in [1.165, 1.54) is 36.8 Å². The minimum Gasteiger partial charge on any atom is -0.234 e. The molecule has 0 bridgehead atoms. The van der Waals surface area contributed by atoms with Gasteiger partial charge in [0, 0.05) is 5.41 Å². The van der Waals surface area contributed by atoms with Crippen molar-refractivity contribution in [2.24, 2.45) is 0 Å². The molecule has 23 heavy (non-hydrogen) atoms. The van der Waals surface area contributed by atoms with E-state index in [1.54, 1.807) is 0 Å². The summed E-state index contributed by atoms with van der Waals surface area (Å²) >= 11 is 12.3. The Labute approximate surface area is 148 Å². The van der Waals surface area contributed by atoms with Crippen LogP contribution in [0.15, 0.2) is 24.3 Å². The number of aromatic nitrogens is 2. The Morgan fingerprint density at radius 1 is 0.783 bits per heavy atom. The van der Waals surface area contributed by atoms with E-state index in [0.717, 1.165) is 24.2 Å². The molecule has 0 amide bonds. The van der Waals surface area contributed by atoms with Crippen molar-refractivity contribution >= 4 is 23.2 Å². The molecule has 0 radical (unpaired) electrons. The SMILES string of the molecule is CCCCC1(CCCC)c2ccc(Cl)nc2-c2nc(Cl)ccc21. The monoisotopic (exact) mass is 348 g/mol. The number of fused-ring (bicyclic) bond motifs is 3. The normalized spacial score (nSPS) is 14.6. The number of halogens is 2. The van der Waals surface area contributed by atoms with Crippen LogP contribution in [-0.2, 0) is 5.41 Å². The van der Waals surface area contributed by atoms with Gasteiger partial charge in [0.05, 0.1) is 11.4 Å². The number of hydrogen-bond donors (Lipinski definition) is 0. The summed E-state index contributed by atoms with van der Waals surface area (Å²) in [6.07, 6.45) is 6.98. The van der Waals surface area contributed by atoms with Crippen LogP contribution in [0.1, 0.15) is 63.5 Å². The molecule has 0 aromatic carbocycles. The summed E-state index contributed by atoms with van der Waals surface area (Å²) in [6.45, 7) is 4.48. The van der Waals surface area contributed by atoms with Crippen LogP contribution in [0.25, 0.3) is 11.4 Å². The standard InChI is InChI=1S/C19H22Cl2N2/c1-3-5-11-19(12-6-4-2)13-7-9-15(20)22-17(13)18-14(19)8-10-16(21)23-18/h7-10H,3-6,11-12H2,1-2H3. The minimum absolute atomic E-state index is 0.00582. The van der Waals surface area contributed by atoms with Gasteiger partial charge < -0.3 is 0 Å². The number of unbranched alkanes of at least 4 members (excludes halogenated alkanes) is 2. The van der Waals surface area contributed by atoms with Crippen molar-refractivity contribution in [3.05, 3.63) is 45.7 Å². The van der Waals surface area contributed by atoms with Crippen molar-refractivity contribution < 1.29 is 0 Å². The molecule has 1 aliphatic carbocycles. The second kappa shape index (κ2) is 6.78. The first kappa shape index (κ1) is 16.7. The fraction of sp³-hybridized carbons (Fsp3) is 0.474. The molecule has 0 fully saturated rings. The average Bonchev–Trinajstić information content (AvgIpc) is 2.80. The second-order valence-electron chi connectivity index (χ2n) is 6.35. The number of nitrogens with zero attached hydrogens (tertiary/aromatic N) is 2. The Morgan fingerprint density at radius 2 is 1.22 bits per heavy atom. The van der Waals surface area contributed by atoms with Gasteiger partial charge in [0.2, 0.25) is 0 Å². The lowest BCUT2D eigenvalue weighted by molar-refractivity contribution is 0.413. The van der Waals surface area contributed by atoms with Gasteiger partial charge in [-0.2, -0.15) is 0 Å². The van der Waals surface area contributed by atoms with E-state index in [1.807, 2.05) is 12.1 Å². The second-order valence-corrected chi connectivity index (χ2v) is 7.12. The van der Waals surface area contributed by atoms with E-state index in [0.29, 0.717) is 10.3 Å². The zero-order valence-corrected chi connectivity index (χ0v) is 15.2. The zero-order valence-electron chi connectivity index (χ0n) is 13.7. The average molecular weight is 349 g/mol. The highest BCUT2D eigenvalue weighted by Crippen LogP contribution is 2.53. The summed E-state index contributed by atoms with van der Waals surface area (Å²) in [5, 5.41) is 1.02. The topological polar surface area (TPSA) is 25.8 Å². The molecule has 0 saturated heterocycles. The van der Waals surface area contributed by atoms with Crippen LogP contribution in [0, 0.1) is 0 Å². The van der Waals surface area contributed by atoms with Crippen molar-refractivity contribution in [1.29, 1.82) is 0 Å².